The van der Waals surface area contributed by atoms with Gasteiger partial charge in [0.15, 0.2) is 0 Å². The second-order valence-corrected chi connectivity index (χ2v) is 7.99. The summed E-state index contributed by atoms with van der Waals surface area (Å²) in [7, 11) is 1.76. The van der Waals surface area contributed by atoms with E-state index in [9.17, 15) is 0 Å². The lowest BCUT2D eigenvalue weighted by molar-refractivity contribution is 0.115. The van der Waals surface area contributed by atoms with Gasteiger partial charge < -0.3 is 9.64 Å². The maximum Gasteiger partial charge on any atom is 0.119 e. The molecule has 2 nitrogen and oxygen atoms in total. The molecule has 0 saturated carbocycles. The lowest BCUT2D eigenvalue weighted by Gasteiger charge is -2.38. The number of aryl methyl sites for hydroxylation is 1. The van der Waals surface area contributed by atoms with E-state index in [0.29, 0.717) is 5.41 Å². The zero-order valence-corrected chi connectivity index (χ0v) is 14.5. The third kappa shape index (κ3) is 3.65. The molecule has 1 aromatic carbocycles. The third-order valence-corrected chi connectivity index (χ3v) is 5.56. The Labute approximate surface area is 135 Å². The summed E-state index contributed by atoms with van der Waals surface area (Å²) in [6, 6.07) is 6.67. The van der Waals surface area contributed by atoms with Gasteiger partial charge in [0, 0.05) is 6.54 Å². The summed E-state index contributed by atoms with van der Waals surface area (Å²) in [5, 5.41) is 0. The third-order valence-electron chi connectivity index (χ3n) is 5.56. The maximum atomic E-state index is 5.35. The van der Waals surface area contributed by atoms with Crippen LogP contribution in [0.25, 0.3) is 0 Å². The smallest absolute Gasteiger partial charge is 0.119 e. The first kappa shape index (κ1) is 15.9. The molecule has 1 aromatic rings. The Balaban J connectivity index is 1.50. The van der Waals surface area contributed by atoms with E-state index in [2.05, 4.69) is 36.9 Å². The van der Waals surface area contributed by atoms with Gasteiger partial charge in [0.05, 0.1) is 7.11 Å². The molecular weight excluding hydrogens is 270 g/mol. The highest BCUT2D eigenvalue weighted by Crippen LogP contribution is 2.38. The molecule has 1 unspecified atom stereocenters. The van der Waals surface area contributed by atoms with E-state index in [1.54, 1.807) is 12.7 Å². The standard InChI is InChI=1S/C20H31NO/c1-20(2)11-5-13-21(15-20)12-4-6-16-7-8-17-14-18(22-3)9-10-19(16)17/h9-10,14,16H,4-8,11-13,15H2,1-3H3. The lowest BCUT2D eigenvalue weighted by Crippen LogP contribution is -2.40. The largest absolute Gasteiger partial charge is 0.497 e. The average Bonchev–Trinajstić information content (AvgIpc) is 2.88. The summed E-state index contributed by atoms with van der Waals surface area (Å²) in [4.78, 5) is 2.69. The molecule has 2 heteroatoms. The summed E-state index contributed by atoms with van der Waals surface area (Å²) in [6.07, 6.45) is 8.00. The number of hydrogen-bond acceptors (Lipinski definition) is 2. The quantitative estimate of drug-likeness (QED) is 0.786. The van der Waals surface area contributed by atoms with E-state index in [0.717, 1.165) is 11.7 Å². The topological polar surface area (TPSA) is 12.5 Å². The molecule has 0 aromatic heterocycles. The van der Waals surface area contributed by atoms with E-state index >= 15 is 0 Å². The van der Waals surface area contributed by atoms with Gasteiger partial charge in [-0.3, -0.25) is 0 Å². The van der Waals surface area contributed by atoms with Crippen molar-refractivity contribution in [1.29, 1.82) is 0 Å². The van der Waals surface area contributed by atoms with E-state index in [1.165, 1.54) is 63.7 Å². The predicted octanol–water partition coefficient (Wildman–Crippen LogP) is 4.63. The highest BCUT2D eigenvalue weighted by molar-refractivity contribution is 5.40. The van der Waals surface area contributed by atoms with Gasteiger partial charge in [-0.1, -0.05) is 19.9 Å². The van der Waals surface area contributed by atoms with Gasteiger partial charge in [-0.25, -0.2) is 0 Å². The number of rotatable bonds is 5. The van der Waals surface area contributed by atoms with E-state index in [4.69, 9.17) is 4.74 Å². The Morgan fingerprint density at radius 1 is 1.32 bits per heavy atom. The fourth-order valence-corrected chi connectivity index (χ4v) is 4.41. The number of ether oxygens (including phenoxy) is 1. The summed E-state index contributed by atoms with van der Waals surface area (Å²) in [5.74, 6) is 1.79. The Hall–Kier alpha value is -1.02. The molecule has 1 aliphatic carbocycles. The van der Waals surface area contributed by atoms with E-state index < -0.39 is 0 Å². The minimum atomic E-state index is 0.523. The van der Waals surface area contributed by atoms with Gasteiger partial charge >= 0.3 is 0 Å². The summed E-state index contributed by atoms with van der Waals surface area (Å²) < 4.78 is 5.35. The van der Waals surface area contributed by atoms with Crippen LogP contribution in [0.2, 0.25) is 0 Å². The normalized spacial score (nSPS) is 24.2. The molecule has 1 fully saturated rings. The SMILES string of the molecule is COc1ccc2c(c1)CCC2CCCN1CCCC(C)(C)C1. The van der Waals surface area contributed by atoms with Crippen LogP contribution in [0.15, 0.2) is 18.2 Å². The minimum absolute atomic E-state index is 0.523. The average molecular weight is 301 g/mol. The van der Waals surface area contributed by atoms with Crippen LogP contribution >= 0.6 is 0 Å². The number of nitrogens with zero attached hydrogens (tertiary/aromatic N) is 1. The predicted molar refractivity (Wildman–Crippen MR) is 92.7 cm³/mol. The van der Waals surface area contributed by atoms with Gasteiger partial charge in [-0.15, -0.1) is 0 Å². The zero-order valence-electron chi connectivity index (χ0n) is 14.5. The van der Waals surface area contributed by atoms with Crippen molar-refractivity contribution in [1.82, 2.24) is 4.90 Å². The number of likely N-dealkylation sites (tertiary alicyclic amines) is 1. The number of methoxy groups -OCH3 is 1. The van der Waals surface area contributed by atoms with E-state index in [1.807, 2.05) is 0 Å². The molecular formula is C20H31NO. The van der Waals surface area contributed by atoms with E-state index in [-0.39, 0.29) is 0 Å². The molecule has 122 valence electrons. The van der Waals surface area contributed by atoms with Crippen LogP contribution in [-0.4, -0.2) is 31.6 Å². The summed E-state index contributed by atoms with van der Waals surface area (Å²) in [6.45, 7) is 8.71. The molecule has 0 bridgehead atoms. The van der Waals surface area contributed by atoms with Crippen LogP contribution in [0.1, 0.15) is 63.0 Å². The van der Waals surface area contributed by atoms with Crippen LogP contribution in [0.5, 0.6) is 5.75 Å². The van der Waals surface area contributed by atoms with Crippen molar-refractivity contribution in [2.24, 2.45) is 5.41 Å². The summed E-state index contributed by atoms with van der Waals surface area (Å²) in [5.41, 5.74) is 3.62. The van der Waals surface area contributed by atoms with Crippen LogP contribution in [0.4, 0.5) is 0 Å². The highest BCUT2D eigenvalue weighted by atomic mass is 16.5. The van der Waals surface area contributed by atoms with Gasteiger partial charge in [-0.2, -0.15) is 0 Å². The van der Waals surface area contributed by atoms with Crippen LogP contribution < -0.4 is 4.74 Å². The fraction of sp³-hybridized carbons (Fsp3) is 0.700. The highest BCUT2D eigenvalue weighted by Gasteiger charge is 2.27. The van der Waals surface area contributed by atoms with Gasteiger partial charge in [-0.05, 0) is 86.2 Å². The Morgan fingerprint density at radius 2 is 2.18 bits per heavy atom. The minimum Gasteiger partial charge on any atom is -0.497 e. The second kappa shape index (κ2) is 6.62. The first-order valence-corrected chi connectivity index (χ1v) is 8.96. The molecule has 0 amide bonds. The van der Waals surface area contributed by atoms with Crippen LogP contribution in [-0.2, 0) is 6.42 Å². The Morgan fingerprint density at radius 3 is 2.95 bits per heavy atom. The summed E-state index contributed by atoms with van der Waals surface area (Å²) >= 11 is 0. The zero-order chi connectivity index (χ0) is 15.6. The van der Waals surface area contributed by atoms with Gasteiger partial charge in [0.1, 0.15) is 5.75 Å². The molecule has 3 rings (SSSR count). The molecule has 0 radical (unpaired) electrons. The maximum absolute atomic E-state index is 5.35. The molecule has 1 atom stereocenters. The van der Waals surface area contributed by atoms with Crippen LogP contribution in [0, 0.1) is 5.41 Å². The van der Waals surface area contributed by atoms with Crippen molar-refractivity contribution < 1.29 is 4.74 Å². The first-order chi connectivity index (χ1) is 10.6. The molecule has 0 N–H and O–H groups in total. The molecule has 1 saturated heterocycles. The molecule has 22 heavy (non-hydrogen) atoms. The lowest BCUT2D eigenvalue weighted by atomic mass is 9.84. The van der Waals surface area contributed by atoms with Crippen molar-refractivity contribution >= 4 is 0 Å². The fourth-order valence-electron chi connectivity index (χ4n) is 4.41. The molecule has 0 spiro atoms. The van der Waals surface area contributed by atoms with Crippen molar-refractivity contribution in [2.75, 3.05) is 26.7 Å². The van der Waals surface area contributed by atoms with Gasteiger partial charge in [0.25, 0.3) is 0 Å². The molecule has 2 aliphatic rings. The second-order valence-electron chi connectivity index (χ2n) is 7.99. The van der Waals surface area contributed by atoms with Crippen molar-refractivity contribution in [3.63, 3.8) is 0 Å². The Kier molecular flexibility index (Phi) is 4.77. The van der Waals surface area contributed by atoms with Crippen molar-refractivity contribution in [2.45, 2.75) is 58.3 Å². The number of fused-ring (bicyclic) bond motifs is 1. The van der Waals surface area contributed by atoms with Crippen LogP contribution in [0.3, 0.4) is 0 Å². The number of piperidine rings is 1. The molecule has 1 aliphatic heterocycles. The molecule has 1 heterocycles. The Bertz CT molecular complexity index is 508. The number of hydrogen-bond donors (Lipinski definition) is 0. The van der Waals surface area contributed by atoms with Gasteiger partial charge in [0.2, 0.25) is 0 Å². The monoisotopic (exact) mass is 301 g/mol. The number of benzene rings is 1. The van der Waals surface area contributed by atoms with Crippen molar-refractivity contribution in [3.05, 3.63) is 29.3 Å². The van der Waals surface area contributed by atoms with Crippen molar-refractivity contribution in [3.8, 4) is 5.75 Å². The first-order valence-electron chi connectivity index (χ1n) is 8.96.